The van der Waals surface area contributed by atoms with E-state index in [1.165, 1.54) is 45.1 Å². The third-order valence-electron chi connectivity index (χ3n) is 5.27. The lowest BCUT2D eigenvalue weighted by atomic mass is 9.70. The molecular weight excluding hydrogens is 246 g/mol. The normalized spacial score (nSPS) is 33.3. The van der Waals surface area contributed by atoms with Crippen LogP contribution in [0.25, 0.3) is 0 Å². The molecule has 2 fully saturated rings. The summed E-state index contributed by atoms with van der Waals surface area (Å²) in [6, 6.07) is 0. The van der Waals surface area contributed by atoms with Gasteiger partial charge >= 0.3 is 0 Å². The fourth-order valence-corrected chi connectivity index (χ4v) is 3.97. The monoisotopic (exact) mass is 281 g/mol. The second kappa shape index (κ2) is 7.26. The van der Waals surface area contributed by atoms with Crippen molar-refractivity contribution in [1.82, 2.24) is 5.32 Å². The van der Waals surface area contributed by atoms with E-state index in [2.05, 4.69) is 33.0 Å². The maximum Gasteiger partial charge on any atom is 0.0468 e. The molecule has 2 aliphatic rings. The molecule has 1 heterocycles. The van der Waals surface area contributed by atoms with Crippen LogP contribution in [0.5, 0.6) is 0 Å². The lowest BCUT2D eigenvalue weighted by molar-refractivity contribution is 0.0466. The lowest BCUT2D eigenvalue weighted by Crippen LogP contribution is -2.42. The van der Waals surface area contributed by atoms with Gasteiger partial charge in [0.1, 0.15) is 0 Å². The van der Waals surface area contributed by atoms with Crippen LogP contribution in [0, 0.1) is 23.7 Å². The Morgan fingerprint density at radius 3 is 2.35 bits per heavy atom. The summed E-state index contributed by atoms with van der Waals surface area (Å²) in [5.74, 6) is 3.70. The summed E-state index contributed by atoms with van der Waals surface area (Å²) in [6.45, 7) is 12.5. The summed E-state index contributed by atoms with van der Waals surface area (Å²) in [6.07, 6.45) is 8.35. The highest BCUT2D eigenvalue weighted by molar-refractivity contribution is 4.84. The number of hydrogen-bond acceptors (Lipinski definition) is 2. The maximum atomic E-state index is 5.52. The average Bonchev–Trinajstić information content (AvgIpc) is 2.38. The van der Waals surface area contributed by atoms with Crippen molar-refractivity contribution in [2.24, 2.45) is 23.7 Å². The standard InChI is InChI=1S/C18H35NO/c1-14-5-6-16(13-19-18(2,3)4)17(11-14)12-15-7-9-20-10-8-15/h14-17,19H,5-13H2,1-4H3. The summed E-state index contributed by atoms with van der Waals surface area (Å²) >= 11 is 0. The molecule has 0 aromatic carbocycles. The highest BCUT2D eigenvalue weighted by Crippen LogP contribution is 2.39. The zero-order valence-electron chi connectivity index (χ0n) is 14.1. The molecule has 0 spiro atoms. The van der Waals surface area contributed by atoms with Gasteiger partial charge in [0, 0.05) is 18.8 Å². The molecule has 0 aromatic rings. The van der Waals surface area contributed by atoms with Gasteiger partial charge in [-0.3, -0.25) is 0 Å². The van der Waals surface area contributed by atoms with Crippen molar-refractivity contribution in [3.8, 4) is 0 Å². The van der Waals surface area contributed by atoms with Crippen molar-refractivity contribution in [2.45, 2.75) is 71.8 Å². The fourth-order valence-electron chi connectivity index (χ4n) is 3.97. The Balaban J connectivity index is 1.86. The minimum atomic E-state index is 0.256. The maximum absolute atomic E-state index is 5.52. The summed E-state index contributed by atoms with van der Waals surface area (Å²) in [7, 11) is 0. The predicted molar refractivity (Wildman–Crippen MR) is 85.9 cm³/mol. The minimum Gasteiger partial charge on any atom is -0.381 e. The van der Waals surface area contributed by atoms with Crippen LogP contribution < -0.4 is 5.32 Å². The van der Waals surface area contributed by atoms with Crippen molar-refractivity contribution >= 4 is 0 Å². The topological polar surface area (TPSA) is 21.3 Å². The third-order valence-corrected chi connectivity index (χ3v) is 5.27. The summed E-state index contributed by atoms with van der Waals surface area (Å²) in [4.78, 5) is 0. The highest BCUT2D eigenvalue weighted by atomic mass is 16.5. The number of nitrogens with one attached hydrogen (secondary N) is 1. The smallest absolute Gasteiger partial charge is 0.0468 e. The zero-order valence-corrected chi connectivity index (χ0v) is 14.1. The van der Waals surface area contributed by atoms with E-state index in [9.17, 15) is 0 Å². The quantitative estimate of drug-likeness (QED) is 0.832. The molecule has 0 bridgehead atoms. The van der Waals surface area contributed by atoms with Crippen LogP contribution in [0.2, 0.25) is 0 Å². The minimum absolute atomic E-state index is 0.256. The number of hydrogen-bond donors (Lipinski definition) is 1. The molecule has 0 aromatic heterocycles. The number of rotatable bonds is 4. The first-order chi connectivity index (χ1) is 9.44. The molecule has 2 heteroatoms. The molecule has 118 valence electrons. The van der Waals surface area contributed by atoms with Crippen LogP contribution in [-0.4, -0.2) is 25.3 Å². The van der Waals surface area contributed by atoms with Gasteiger partial charge in [-0.1, -0.05) is 13.3 Å². The molecule has 3 atom stereocenters. The van der Waals surface area contributed by atoms with E-state index >= 15 is 0 Å². The summed E-state index contributed by atoms with van der Waals surface area (Å²) in [5.41, 5.74) is 0.256. The molecule has 2 rings (SSSR count). The molecule has 1 saturated heterocycles. The van der Waals surface area contributed by atoms with E-state index in [4.69, 9.17) is 4.74 Å². The van der Waals surface area contributed by atoms with E-state index < -0.39 is 0 Å². The molecule has 1 N–H and O–H groups in total. The SMILES string of the molecule is CC1CCC(CNC(C)(C)C)C(CC2CCOCC2)C1. The molecule has 2 nitrogen and oxygen atoms in total. The first kappa shape index (κ1) is 16.3. The van der Waals surface area contributed by atoms with Crippen LogP contribution >= 0.6 is 0 Å². The van der Waals surface area contributed by atoms with Crippen LogP contribution in [0.15, 0.2) is 0 Å². The van der Waals surface area contributed by atoms with E-state index in [-0.39, 0.29) is 5.54 Å². The predicted octanol–water partition coefficient (Wildman–Crippen LogP) is 4.24. The van der Waals surface area contributed by atoms with Crippen molar-refractivity contribution in [1.29, 1.82) is 0 Å². The van der Waals surface area contributed by atoms with Crippen molar-refractivity contribution in [3.05, 3.63) is 0 Å². The van der Waals surface area contributed by atoms with Gasteiger partial charge in [0.05, 0.1) is 0 Å². The second-order valence-corrected chi connectivity index (χ2v) is 8.36. The summed E-state index contributed by atoms with van der Waals surface area (Å²) in [5, 5.41) is 3.75. The molecule has 0 amide bonds. The van der Waals surface area contributed by atoms with Gasteiger partial charge in [0.2, 0.25) is 0 Å². The third kappa shape index (κ3) is 5.37. The van der Waals surface area contributed by atoms with Gasteiger partial charge in [0.25, 0.3) is 0 Å². The van der Waals surface area contributed by atoms with Crippen LogP contribution in [0.1, 0.15) is 66.2 Å². The Morgan fingerprint density at radius 2 is 1.70 bits per heavy atom. The van der Waals surface area contributed by atoms with Gasteiger partial charge in [0.15, 0.2) is 0 Å². The highest BCUT2D eigenvalue weighted by Gasteiger charge is 2.31. The van der Waals surface area contributed by atoms with E-state index in [0.29, 0.717) is 0 Å². The molecule has 1 saturated carbocycles. The Kier molecular flexibility index (Phi) is 5.92. The van der Waals surface area contributed by atoms with E-state index in [1.54, 1.807) is 0 Å². The summed E-state index contributed by atoms with van der Waals surface area (Å²) < 4.78 is 5.52. The fraction of sp³-hybridized carbons (Fsp3) is 1.00. The van der Waals surface area contributed by atoms with Crippen LogP contribution in [0.4, 0.5) is 0 Å². The van der Waals surface area contributed by atoms with Gasteiger partial charge in [-0.15, -0.1) is 0 Å². The molecular formula is C18H35NO. The zero-order chi connectivity index (χ0) is 14.6. The van der Waals surface area contributed by atoms with Gasteiger partial charge in [-0.25, -0.2) is 0 Å². The largest absolute Gasteiger partial charge is 0.381 e. The van der Waals surface area contributed by atoms with Gasteiger partial charge < -0.3 is 10.1 Å². The van der Waals surface area contributed by atoms with Crippen molar-refractivity contribution in [2.75, 3.05) is 19.8 Å². The Labute approximate surface area is 126 Å². The molecule has 0 radical (unpaired) electrons. The Bertz CT molecular complexity index is 278. The van der Waals surface area contributed by atoms with Crippen LogP contribution in [0.3, 0.4) is 0 Å². The first-order valence-electron chi connectivity index (χ1n) is 8.77. The number of ether oxygens (including phenoxy) is 1. The molecule has 3 unspecified atom stereocenters. The van der Waals surface area contributed by atoms with Gasteiger partial charge in [-0.2, -0.15) is 0 Å². The van der Waals surface area contributed by atoms with Crippen LogP contribution in [-0.2, 0) is 4.74 Å². The first-order valence-corrected chi connectivity index (χ1v) is 8.77. The Morgan fingerprint density at radius 1 is 1.00 bits per heavy atom. The lowest BCUT2D eigenvalue weighted by Gasteiger charge is -2.39. The van der Waals surface area contributed by atoms with E-state index in [1.807, 2.05) is 0 Å². The molecule has 1 aliphatic heterocycles. The molecule has 1 aliphatic carbocycles. The molecule has 20 heavy (non-hydrogen) atoms. The Hall–Kier alpha value is -0.0800. The van der Waals surface area contributed by atoms with Gasteiger partial charge in [-0.05, 0) is 83.1 Å². The second-order valence-electron chi connectivity index (χ2n) is 8.36. The average molecular weight is 281 g/mol. The van der Waals surface area contributed by atoms with E-state index in [0.717, 1.165) is 36.9 Å². The van der Waals surface area contributed by atoms with Crippen molar-refractivity contribution < 1.29 is 4.74 Å². The van der Waals surface area contributed by atoms with Crippen molar-refractivity contribution in [3.63, 3.8) is 0 Å².